The summed E-state index contributed by atoms with van der Waals surface area (Å²) >= 11 is 5.84. The molecule has 2 aromatic heterocycles. The average molecular weight is 280 g/mol. The van der Waals surface area contributed by atoms with Gasteiger partial charge in [0.25, 0.3) is 0 Å². The highest BCUT2D eigenvalue weighted by Gasteiger charge is 2.55. The van der Waals surface area contributed by atoms with Gasteiger partial charge in [-0.05, 0) is 38.8 Å². The van der Waals surface area contributed by atoms with Crippen molar-refractivity contribution in [2.45, 2.75) is 38.2 Å². The fourth-order valence-electron chi connectivity index (χ4n) is 2.11. The van der Waals surface area contributed by atoms with Crippen LogP contribution in [0.5, 0.6) is 0 Å². The number of rotatable bonds is 3. The van der Waals surface area contributed by atoms with E-state index in [4.69, 9.17) is 16.3 Å². The first-order chi connectivity index (χ1) is 9.01. The Balaban J connectivity index is 1.97. The van der Waals surface area contributed by atoms with Gasteiger partial charge < -0.3 is 4.74 Å². The lowest BCUT2D eigenvalue weighted by atomic mass is 10.0. The van der Waals surface area contributed by atoms with Crippen molar-refractivity contribution in [3.8, 4) is 0 Å². The second kappa shape index (κ2) is 4.20. The summed E-state index contributed by atoms with van der Waals surface area (Å²) in [6.45, 7) is 3.69. The third-order valence-corrected chi connectivity index (χ3v) is 3.46. The van der Waals surface area contributed by atoms with Crippen LogP contribution in [0, 0.1) is 0 Å². The fraction of sp³-hybridized carbons (Fsp3) is 0.462. The number of halogens is 1. The Morgan fingerprint density at radius 1 is 1.47 bits per heavy atom. The number of carbonyl (C=O) groups is 1. The summed E-state index contributed by atoms with van der Waals surface area (Å²) in [7, 11) is 0. The smallest absolute Gasteiger partial charge is 0.318 e. The SMILES string of the molecule is CC(C)OC(=O)C1(c2cn3nc(Cl)ccc3n2)CC1. The lowest BCUT2D eigenvalue weighted by Gasteiger charge is -2.14. The molecule has 3 rings (SSSR count). The Morgan fingerprint density at radius 3 is 2.84 bits per heavy atom. The van der Waals surface area contributed by atoms with E-state index in [1.165, 1.54) is 0 Å². The van der Waals surface area contributed by atoms with Gasteiger partial charge in [0.05, 0.1) is 18.0 Å². The van der Waals surface area contributed by atoms with Crippen LogP contribution in [-0.2, 0) is 14.9 Å². The van der Waals surface area contributed by atoms with Crippen LogP contribution in [0.3, 0.4) is 0 Å². The zero-order valence-electron chi connectivity index (χ0n) is 10.8. The van der Waals surface area contributed by atoms with Crippen LogP contribution in [0.25, 0.3) is 5.65 Å². The molecule has 2 aromatic rings. The summed E-state index contributed by atoms with van der Waals surface area (Å²) in [4.78, 5) is 16.6. The molecule has 1 aliphatic carbocycles. The molecular formula is C13H14ClN3O2. The molecule has 0 aromatic carbocycles. The van der Waals surface area contributed by atoms with E-state index < -0.39 is 5.41 Å². The average Bonchev–Trinajstić information content (AvgIpc) is 3.04. The largest absolute Gasteiger partial charge is 0.462 e. The minimum Gasteiger partial charge on any atom is -0.462 e. The molecule has 19 heavy (non-hydrogen) atoms. The van der Waals surface area contributed by atoms with Gasteiger partial charge in [-0.3, -0.25) is 4.79 Å². The van der Waals surface area contributed by atoms with Gasteiger partial charge >= 0.3 is 5.97 Å². The first kappa shape index (κ1) is 12.4. The number of hydrogen-bond donors (Lipinski definition) is 0. The lowest BCUT2D eigenvalue weighted by molar-refractivity contribution is -0.150. The van der Waals surface area contributed by atoms with Crippen molar-refractivity contribution in [2.75, 3.05) is 0 Å². The molecule has 0 spiro atoms. The predicted octanol–water partition coefficient (Wildman–Crippen LogP) is 2.37. The van der Waals surface area contributed by atoms with Crippen molar-refractivity contribution in [3.63, 3.8) is 0 Å². The lowest BCUT2D eigenvalue weighted by Crippen LogP contribution is -2.26. The van der Waals surface area contributed by atoms with E-state index in [2.05, 4.69) is 10.1 Å². The van der Waals surface area contributed by atoms with Gasteiger partial charge in [0.2, 0.25) is 0 Å². The summed E-state index contributed by atoms with van der Waals surface area (Å²) in [5, 5.41) is 4.52. The summed E-state index contributed by atoms with van der Waals surface area (Å²) in [6.07, 6.45) is 3.19. The number of fused-ring (bicyclic) bond motifs is 1. The molecule has 2 heterocycles. The van der Waals surface area contributed by atoms with Crippen LogP contribution in [-0.4, -0.2) is 26.7 Å². The van der Waals surface area contributed by atoms with E-state index in [9.17, 15) is 4.79 Å². The molecule has 1 saturated carbocycles. The zero-order chi connectivity index (χ0) is 13.6. The topological polar surface area (TPSA) is 56.5 Å². The first-order valence-corrected chi connectivity index (χ1v) is 6.62. The van der Waals surface area contributed by atoms with Crippen molar-refractivity contribution in [2.24, 2.45) is 0 Å². The third-order valence-electron chi connectivity index (χ3n) is 3.26. The monoisotopic (exact) mass is 279 g/mol. The van der Waals surface area contributed by atoms with Crippen molar-refractivity contribution >= 4 is 23.2 Å². The molecule has 0 N–H and O–H groups in total. The van der Waals surface area contributed by atoms with E-state index in [1.807, 2.05) is 13.8 Å². The van der Waals surface area contributed by atoms with Crippen molar-refractivity contribution in [1.29, 1.82) is 0 Å². The van der Waals surface area contributed by atoms with E-state index in [0.717, 1.165) is 12.8 Å². The number of imidazole rings is 1. The Labute approximate surface area is 115 Å². The molecule has 1 aliphatic rings. The van der Waals surface area contributed by atoms with Crippen LogP contribution >= 0.6 is 11.6 Å². The first-order valence-electron chi connectivity index (χ1n) is 6.25. The van der Waals surface area contributed by atoms with Crippen LogP contribution in [0.15, 0.2) is 18.3 Å². The summed E-state index contributed by atoms with van der Waals surface area (Å²) in [6, 6.07) is 3.46. The van der Waals surface area contributed by atoms with Gasteiger partial charge in [-0.1, -0.05) is 11.6 Å². The molecule has 0 bridgehead atoms. The van der Waals surface area contributed by atoms with Gasteiger partial charge in [0.1, 0.15) is 10.6 Å². The number of ether oxygens (including phenoxy) is 1. The van der Waals surface area contributed by atoms with Crippen molar-refractivity contribution in [1.82, 2.24) is 14.6 Å². The molecule has 6 heteroatoms. The standard InChI is InChI=1S/C13H14ClN3O2/c1-8(2)19-12(18)13(5-6-13)9-7-17-11(15-9)4-3-10(14)16-17/h3-4,7-8H,5-6H2,1-2H3. The molecule has 0 aliphatic heterocycles. The predicted molar refractivity (Wildman–Crippen MR) is 70.1 cm³/mol. The second-order valence-corrected chi connectivity index (χ2v) is 5.51. The number of esters is 1. The Bertz CT molecular complexity index is 646. The Hall–Kier alpha value is -1.62. The number of nitrogens with zero attached hydrogens (tertiary/aromatic N) is 3. The highest BCUT2D eigenvalue weighted by Crippen LogP contribution is 2.48. The molecule has 0 unspecified atom stereocenters. The Morgan fingerprint density at radius 2 is 2.21 bits per heavy atom. The summed E-state index contributed by atoms with van der Waals surface area (Å²) < 4.78 is 6.91. The van der Waals surface area contributed by atoms with Crippen molar-refractivity contribution < 1.29 is 9.53 Å². The molecule has 0 amide bonds. The molecule has 0 radical (unpaired) electrons. The van der Waals surface area contributed by atoms with Gasteiger partial charge in [-0.2, -0.15) is 5.10 Å². The third kappa shape index (κ3) is 2.08. The molecule has 1 fully saturated rings. The van der Waals surface area contributed by atoms with Gasteiger partial charge in [0.15, 0.2) is 5.65 Å². The highest BCUT2D eigenvalue weighted by atomic mass is 35.5. The van der Waals surface area contributed by atoms with Crippen LogP contribution < -0.4 is 0 Å². The van der Waals surface area contributed by atoms with Gasteiger partial charge in [-0.25, -0.2) is 9.50 Å². The minimum atomic E-state index is -0.579. The molecule has 5 nitrogen and oxygen atoms in total. The normalized spacial score (nSPS) is 16.8. The summed E-state index contributed by atoms with van der Waals surface area (Å²) in [5.74, 6) is -0.197. The summed E-state index contributed by atoms with van der Waals surface area (Å²) in [5.41, 5.74) is 0.820. The van der Waals surface area contributed by atoms with Crippen molar-refractivity contribution in [3.05, 3.63) is 29.2 Å². The van der Waals surface area contributed by atoms with Gasteiger partial charge in [0, 0.05) is 0 Å². The minimum absolute atomic E-state index is 0.116. The van der Waals surface area contributed by atoms with Crippen LogP contribution in [0.4, 0.5) is 0 Å². The van der Waals surface area contributed by atoms with E-state index >= 15 is 0 Å². The van der Waals surface area contributed by atoms with E-state index in [1.54, 1.807) is 22.8 Å². The van der Waals surface area contributed by atoms with Gasteiger partial charge in [-0.15, -0.1) is 0 Å². The van der Waals surface area contributed by atoms with E-state index in [0.29, 0.717) is 16.5 Å². The fourth-order valence-corrected chi connectivity index (χ4v) is 2.25. The highest BCUT2D eigenvalue weighted by molar-refractivity contribution is 6.29. The number of carbonyl (C=O) groups excluding carboxylic acids is 1. The second-order valence-electron chi connectivity index (χ2n) is 5.12. The van der Waals surface area contributed by atoms with E-state index in [-0.39, 0.29) is 12.1 Å². The molecule has 100 valence electrons. The van der Waals surface area contributed by atoms with Crippen LogP contribution in [0.1, 0.15) is 32.4 Å². The maximum atomic E-state index is 12.2. The maximum absolute atomic E-state index is 12.2. The molecule has 0 saturated heterocycles. The zero-order valence-corrected chi connectivity index (χ0v) is 11.5. The number of aromatic nitrogens is 3. The quantitative estimate of drug-likeness (QED) is 0.810. The molecular weight excluding hydrogens is 266 g/mol. The Kier molecular flexibility index (Phi) is 2.74. The molecule has 0 atom stereocenters. The van der Waals surface area contributed by atoms with Crippen LogP contribution in [0.2, 0.25) is 5.15 Å². The maximum Gasteiger partial charge on any atom is 0.318 e. The number of hydrogen-bond acceptors (Lipinski definition) is 4.